The number of hydrogen-bond donors (Lipinski definition) is 1. The van der Waals surface area contributed by atoms with Gasteiger partial charge in [0.15, 0.2) is 18.1 Å². The van der Waals surface area contributed by atoms with E-state index in [1.165, 1.54) is 6.08 Å². The van der Waals surface area contributed by atoms with Gasteiger partial charge in [0.25, 0.3) is 5.91 Å². The summed E-state index contributed by atoms with van der Waals surface area (Å²) in [4.78, 5) is 24.0. The lowest BCUT2D eigenvalue weighted by Gasteiger charge is -2.13. The van der Waals surface area contributed by atoms with E-state index in [1.807, 2.05) is 34.7 Å². The van der Waals surface area contributed by atoms with Crippen molar-refractivity contribution < 1.29 is 23.8 Å². The van der Waals surface area contributed by atoms with Gasteiger partial charge in [-0.3, -0.25) is 9.48 Å². The third-order valence-corrected chi connectivity index (χ3v) is 4.12. The van der Waals surface area contributed by atoms with E-state index in [0.29, 0.717) is 30.4 Å². The van der Waals surface area contributed by atoms with Gasteiger partial charge in [-0.05, 0) is 45.9 Å². The first-order chi connectivity index (χ1) is 13.8. The van der Waals surface area contributed by atoms with Crippen LogP contribution in [0.3, 0.4) is 0 Å². The van der Waals surface area contributed by atoms with E-state index in [0.717, 1.165) is 17.0 Å². The van der Waals surface area contributed by atoms with Crippen LogP contribution in [0.5, 0.6) is 11.5 Å². The molecule has 0 aliphatic rings. The maximum absolute atomic E-state index is 12.1. The summed E-state index contributed by atoms with van der Waals surface area (Å²) in [7, 11) is 1.83. The maximum atomic E-state index is 12.1. The van der Waals surface area contributed by atoms with E-state index in [1.54, 1.807) is 29.0 Å². The molecule has 0 aliphatic heterocycles. The van der Waals surface area contributed by atoms with Crippen molar-refractivity contribution in [2.75, 3.05) is 25.1 Å². The molecule has 2 rings (SSSR count). The van der Waals surface area contributed by atoms with Crippen LogP contribution in [0, 0.1) is 13.8 Å². The first kappa shape index (κ1) is 22.0. The lowest BCUT2D eigenvalue weighted by Crippen LogP contribution is -2.20. The predicted molar refractivity (Wildman–Crippen MR) is 110 cm³/mol. The van der Waals surface area contributed by atoms with Crippen LogP contribution in [0.4, 0.5) is 5.69 Å². The molecule has 0 spiro atoms. The number of amides is 1. The monoisotopic (exact) mass is 401 g/mol. The fraction of sp³-hybridized carbons (Fsp3) is 0.381. The van der Waals surface area contributed by atoms with Gasteiger partial charge in [0, 0.05) is 36.1 Å². The number of nitrogens with one attached hydrogen (secondary N) is 1. The van der Waals surface area contributed by atoms with Gasteiger partial charge in [-0.15, -0.1) is 0 Å². The Morgan fingerprint density at radius 3 is 2.45 bits per heavy atom. The fourth-order valence-corrected chi connectivity index (χ4v) is 2.69. The number of carbonyl (C=O) groups excluding carboxylic acids is 2. The Kier molecular flexibility index (Phi) is 7.82. The van der Waals surface area contributed by atoms with Crippen molar-refractivity contribution in [3.8, 4) is 11.5 Å². The molecule has 0 bridgehead atoms. The van der Waals surface area contributed by atoms with Crippen molar-refractivity contribution in [2.24, 2.45) is 7.05 Å². The van der Waals surface area contributed by atoms with E-state index in [9.17, 15) is 9.59 Å². The minimum absolute atomic E-state index is 0.397. The van der Waals surface area contributed by atoms with Crippen LogP contribution < -0.4 is 14.8 Å². The van der Waals surface area contributed by atoms with Crippen LogP contribution in [0.1, 0.15) is 30.8 Å². The van der Waals surface area contributed by atoms with Gasteiger partial charge >= 0.3 is 5.97 Å². The lowest BCUT2D eigenvalue weighted by atomic mass is 10.2. The van der Waals surface area contributed by atoms with E-state index < -0.39 is 18.5 Å². The van der Waals surface area contributed by atoms with Crippen molar-refractivity contribution >= 4 is 23.6 Å². The average molecular weight is 401 g/mol. The minimum atomic E-state index is -0.607. The van der Waals surface area contributed by atoms with Crippen LogP contribution in [0.2, 0.25) is 0 Å². The third kappa shape index (κ3) is 6.10. The molecule has 156 valence electrons. The Morgan fingerprint density at radius 1 is 1.14 bits per heavy atom. The second-order valence-corrected chi connectivity index (χ2v) is 6.22. The summed E-state index contributed by atoms with van der Waals surface area (Å²) in [6.07, 6.45) is 2.92. The molecular weight excluding hydrogens is 374 g/mol. The predicted octanol–water partition coefficient (Wildman–Crippen LogP) is 3.03. The highest BCUT2D eigenvalue weighted by Crippen LogP contribution is 2.30. The topological polar surface area (TPSA) is 91.7 Å². The van der Waals surface area contributed by atoms with Gasteiger partial charge in [0.1, 0.15) is 0 Å². The Balaban J connectivity index is 1.91. The van der Waals surface area contributed by atoms with Crippen LogP contribution in [0.15, 0.2) is 24.3 Å². The van der Waals surface area contributed by atoms with Crippen molar-refractivity contribution in [3.63, 3.8) is 0 Å². The summed E-state index contributed by atoms with van der Waals surface area (Å²) >= 11 is 0. The molecule has 0 saturated heterocycles. The molecule has 1 aromatic carbocycles. The number of nitrogens with zero attached hydrogens (tertiary/aromatic N) is 2. The molecule has 0 fully saturated rings. The van der Waals surface area contributed by atoms with Crippen LogP contribution in [0.25, 0.3) is 6.08 Å². The summed E-state index contributed by atoms with van der Waals surface area (Å²) < 4.78 is 17.8. The summed E-state index contributed by atoms with van der Waals surface area (Å²) in [6.45, 7) is 8.09. The number of aromatic nitrogens is 2. The molecule has 1 N–H and O–H groups in total. The standard InChI is InChI=1S/C21H27N3O5/c1-6-27-18-10-8-16(12-19(18)28-7-2)22-20(25)13-29-21(26)11-9-17-14(3)23-24(5)15(17)4/h8-12H,6-7,13H2,1-5H3,(H,22,25)/b11-9+. The number of carbonyl (C=O) groups is 2. The Morgan fingerprint density at radius 2 is 1.83 bits per heavy atom. The van der Waals surface area contributed by atoms with Crippen molar-refractivity contribution in [3.05, 3.63) is 41.2 Å². The third-order valence-electron chi connectivity index (χ3n) is 4.12. The van der Waals surface area contributed by atoms with Crippen LogP contribution in [-0.4, -0.2) is 41.5 Å². The average Bonchev–Trinajstić information content (AvgIpc) is 2.92. The Bertz CT molecular complexity index is 902. The second-order valence-electron chi connectivity index (χ2n) is 6.22. The first-order valence-electron chi connectivity index (χ1n) is 9.40. The Labute approximate surface area is 170 Å². The highest BCUT2D eigenvalue weighted by Gasteiger charge is 2.11. The van der Waals surface area contributed by atoms with E-state index in [-0.39, 0.29) is 0 Å². The quantitative estimate of drug-likeness (QED) is 0.513. The van der Waals surface area contributed by atoms with Gasteiger partial charge in [-0.1, -0.05) is 0 Å². The SMILES string of the molecule is CCOc1ccc(NC(=O)COC(=O)/C=C/c2c(C)nn(C)c2C)cc1OCC. The van der Waals surface area contributed by atoms with E-state index in [2.05, 4.69) is 10.4 Å². The number of hydrogen-bond acceptors (Lipinski definition) is 6. The van der Waals surface area contributed by atoms with Gasteiger partial charge < -0.3 is 19.5 Å². The molecule has 8 nitrogen and oxygen atoms in total. The number of aryl methyl sites for hydroxylation is 2. The first-order valence-corrected chi connectivity index (χ1v) is 9.40. The number of anilines is 1. The fourth-order valence-electron chi connectivity index (χ4n) is 2.69. The molecule has 8 heteroatoms. The van der Waals surface area contributed by atoms with Gasteiger partial charge in [-0.25, -0.2) is 4.79 Å². The lowest BCUT2D eigenvalue weighted by molar-refractivity contribution is -0.142. The zero-order chi connectivity index (χ0) is 21.4. The highest BCUT2D eigenvalue weighted by atomic mass is 16.5. The molecule has 0 aliphatic carbocycles. The largest absolute Gasteiger partial charge is 0.490 e. The zero-order valence-corrected chi connectivity index (χ0v) is 17.4. The zero-order valence-electron chi connectivity index (χ0n) is 17.4. The molecule has 0 saturated carbocycles. The molecule has 1 aromatic heterocycles. The summed E-state index contributed by atoms with van der Waals surface area (Å²) in [5.74, 6) is 0.0794. The highest BCUT2D eigenvalue weighted by molar-refractivity contribution is 5.95. The van der Waals surface area contributed by atoms with Crippen LogP contribution >= 0.6 is 0 Å². The molecule has 0 radical (unpaired) electrons. The molecule has 2 aromatic rings. The number of esters is 1. The Hall–Kier alpha value is -3.29. The minimum Gasteiger partial charge on any atom is -0.490 e. The van der Waals surface area contributed by atoms with E-state index >= 15 is 0 Å². The normalized spacial score (nSPS) is 10.8. The number of benzene rings is 1. The molecule has 1 heterocycles. The number of ether oxygens (including phenoxy) is 3. The van der Waals surface area contributed by atoms with Crippen LogP contribution in [-0.2, 0) is 21.4 Å². The second kappa shape index (κ2) is 10.3. The van der Waals surface area contributed by atoms with Crippen molar-refractivity contribution in [1.29, 1.82) is 0 Å². The van der Waals surface area contributed by atoms with Gasteiger partial charge in [0.2, 0.25) is 0 Å². The smallest absolute Gasteiger partial charge is 0.331 e. The number of rotatable bonds is 9. The maximum Gasteiger partial charge on any atom is 0.331 e. The molecule has 0 unspecified atom stereocenters. The van der Waals surface area contributed by atoms with Gasteiger partial charge in [0.05, 0.1) is 18.9 Å². The molecule has 29 heavy (non-hydrogen) atoms. The molecule has 1 amide bonds. The van der Waals surface area contributed by atoms with Gasteiger partial charge in [-0.2, -0.15) is 5.10 Å². The van der Waals surface area contributed by atoms with E-state index in [4.69, 9.17) is 14.2 Å². The van der Waals surface area contributed by atoms with Crippen molar-refractivity contribution in [1.82, 2.24) is 9.78 Å². The summed E-state index contributed by atoms with van der Waals surface area (Å²) in [5.41, 5.74) is 3.12. The summed E-state index contributed by atoms with van der Waals surface area (Å²) in [6, 6.07) is 5.08. The molecule has 0 atom stereocenters. The van der Waals surface area contributed by atoms with Crippen molar-refractivity contribution in [2.45, 2.75) is 27.7 Å². The summed E-state index contributed by atoms with van der Waals surface area (Å²) in [5, 5.41) is 6.95. The molecular formula is C21H27N3O5.